The highest BCUT2D eigenvalue weighted by Gasteiger charge is 2.15. The average Bonchev–Trinajstić information content (AvgIpc) is 2.77. The van der Waals surface area contributed by atoms with Crippen LogP contribution in [0.15, 0.2) is 42.5 Å². The van der Waals surface area contributed by atoms with Crippen molar-refractivity contribution in [2.45, 2.75) is 13.5 Å². The molecule has 1 heterocycles. The molecule has 0 fully saturated rings. The summed E-state index contributed by atoms with van der Waals surface area (Å²) < 4.78 is 1.98. The molecule has 1 aromatic heterocycles. The Morgan fingerprint density at radius 1 is 1.24 bits per heavy atom. The van der Waals surface area contributed by atoms with Crippen LogP contribution < -0.4 is 0 Å². The molecule has 3 rings (SSSR count). The van der Waals surface area contributed by atoms with E-state index < -0.39 is 5.97 Å². The van der Waals surface area contributed by atoms with Gasteiger partial charge in [-0.2, -0.15) is 0 Å². The molecule has 0 unspecified atom stereocenters. The second-order valence-electron chi connectivity index (χ2n) is 4.82. The zero-order valence-electron chi connectivity index (χ0n) is 11.4. The van der Waals surface area contributed by atoms with Crippen molar-refractivity contribution in [3.05, 3.63) is 64.4 Å². The van der Waals surface area contributed by atoms with Gasteiger partial charge < -0.3 is 9.67 Å². The first-order valence-corrected chi connectivity index (χ1v) is 6.88. The summed E-state index contributed by atoms with van der Waals surface area (Å²) in [7, 11) is 0. The lowest BCUT2D eigenvalue weighted by molar-refractivity contribution is 0.0699. The molecule has 0 radical (unpaired) electrons. The van der Waals surface area contributed by atoms with Crippen LogP contribution >= 0.6 is 11.6 Å². The van der Waals surface area contributed by atoms with Gasteiger partial charge in [0.15, 0.2) is 0 Å². The van der Waals surface area contributed by atoms with Crippen LogP contribution in [-0.4, -0.2) is 20.6 Å². The van der Waals surface area contributed by atoms with E-state index in [4.69, 9.17) is 11.6 Å². The molecule has 2 aromatic carbocycles. The number of nitrogens with zero attached hydrogens (tertiary/aromatic N) is 2. The van der Waals surface area contributed by atoms with Crippen LogP contribution in [0.4, 0.5) is 0 Å². The molecule has 1 N–H and O–H groups in total. The summed E-state index contributed by atoms with van der Waals surface area (Å²) >= 11 is 6.20. The monoisotopic (exact) mass is 300 g/mol. The number of aromatic nitrogens is 2. The first-order valence-electron chi connectivity index (χ1n) is 6.50. The Morgan fingerprint density at radius 3 is 2.71 bits per heavy atom. The molecule has 5 heteroatoms. The van der Waals surface area contributed by atoms with Gasteiger partial charge in [0.05, 0.1) is 17.6 Å². The van der Waals surface area contributed by atoms with Gasteiger partial charge in [-0.1, -0.05) is 35.9 Å². The molecular formula is C16H13ClN2O2. The van der Waals surface area contributed by atoms with Crippen molar-refractivity contribution in [2.75, 3.05) is 0 Å². The largest absolute Gasteiger partial charge is 0.478 e. The molecule has 0 saturated heterocycles. The summed E-state index contributed by atoms with van der Waals surface area (Å²) in [6.07, 6.45) is 0. The Bertz CT molecular complexity index is 839. The van der Waals surface area contributed by atoms with Gasteiger partial charge in [0.2, 0.25) is 0 Å². The first kappa shape index (κ1) is 13.6. The number of halogens is 1. The Labute approximate surface area is 126 Å². The zero-order valence-corrected chi connectivity index (χ0v) is 12.1. The lowest BCUT2D eigenvalue weighted by Gasteiger charge is -2.08. The standard InChI is InChI=1S/C16H13ClN2O2/c1-10-18-15-12(16(20)21)6-4-8-14(15)19(10)9-11-5-2-3-7-13(11)17/h2-8H,9H2,1H3,(H,20,21). The lowest BCUT2D eigenvalue weighted by Crippen LogP contribution is -2.02. The highest BCUT2D eigenvalue weighted by Crippen LogP contribution is 2.23. The molecule has 0 atom stereocenters. The molecule has 0 aliphatic carbocycles. The van der Waals surface area contributed by atoms with Crippen molar-refractivity contribution in [3.8, 4) is 0 Å². The van der Waals surface area contributed by atoms with Crippen molar-refractivity contribution in [3.63, 3.8) is 0 Å². The van der Waals surface area contributed by atoms with Gasteiger partial charge in [0.25, 0.3) is 0 Å². The maximum absolute atomic E-state index is 11.3. The van der Waals surface area contributed by atoms with Crippen LogP contribution in [0.1, 0.15) is 21.7 Å². The molecule has 3 aromatic rings. The number of carboxylic acid groups (broad SMARTS) is 1. The minimum Gasteiger partial charge on any atom is -0.478 e. The summed E-state index contributed by atoms with van der Waals surface area (Å²) in [5.74, 6) is -0.207. The molecule has 0 aliphatic heterocycles. The van der Waals surface area contributed by atoms with E-state index >= 15 is 0 Å². The Hall–Kier alpha value is -2.33. The number of imidazole rings is 1. The molecular weight excluding hydrogens is 288 g/mol. The lowest BCUT2D eigenvalue weighted by atomic mass is 10.2. The third-order valence-corrected chi connectivity index (χ3v) is 3.86. The summed E-state index contributed by atoms with van der Waals surface area (Å²) in [5, 5.41) is 9.93. The number of hydrogen-bond donors (Lipinski definition) is 1. The zero-order chi connectivity index (χ0) is 15.0. The van der Waals surface area contributed by atoms with Crippen LogP contribution in [0.3, 0.4) is 0 Å². The van der Waals surface area contributed by atoms with Gasteiger partial charge in [-0.25, -0.2) is 9.78 Å². The Kier molecular flexibility index (Phi) is 3.39. The third kappa shape index (κ3) is 2.38. The van der Waals surface area contributed by atoms with Gasteiger partial charge >= 0.3 is 5.97 Å². The van der Waals surface area contributed by atoms with Gasteiger partial charge in [-0.15, -0.1) is 0 Å². The first-order chi connectivity index (χ1) is 10.1. The minimum absolute atomic E-state index is 0.216. The number of carboxylic acids is 1. The van der Waals surface area contributed by atoms with Gasteiger partial charge in [0, 0.05) is 5.02 Å². The predicted octanol–water partition coefficient (Wildman–Crippen LogP) is 3.74. The minimum atomic E-state index is -0.969. The molecule has 0 amide bonds. The quantitative estimate of drug-likeness (QED) is 0.801. The van der Waals surface area contributed by atoms with Gasteiger partial charge in [-0.05, 0) is 30.7 Å². The summed E-state index contributed by atoms with van der Waals surface area (Å²) in [5.41, 5.74) is 2.50. The SMILES string of the molecule is Cc1nc2c(C(=O)O)cccc2n1Cc1ccccc1Cl. The van der Waals surface area contributed by atoms with Crippen LogP contribution in [-0.2, 0) is 6.54 Å². The van der Waals surface area contributed by atoms with Crippen molar-refractivity contribution in [2.24, 2.45) is 0 Å². The fraction of sp³-hybridized carbons (Fsp3) is 0.125. The van der Waals surface area contributed by atoms with Crippen molar-refractivity contribution < 1.29 is 9.90 Å². The van der Waals surface area contributed by atoms with E-state index in [1.165, 1.54) is 0 Å². The van der Waals surface area contributed by atoms with Crippen molar-refractivity contribution in [1.82, 2.24) is 9.55 Å². The normalized spacial score (nSPS) is 11.0. The Morgan fingerprint density at radius 2 is 2.00 bits per heavy atom. The number of aromatic carboxylic acids is 1. The fourth-order valence-corrected chi connectivity index (χ4v) is 2.63. The van der Waals surface area contributed by atoms with E-state index in [-0.39, 0.29) is 5.56 Å². The second-order valence-corrected chi connectivity index (χ2v) is 5.22. The maximum Gasteiger partial charge on any atom is 0.337 e. The number of benzene rings is 2. The highest BCUT2D eigenvalue weighted by molar-refractivity contribution is 6.31. The third-order valence-electron chi connectivity index (χ3n) is 3.49. The number of para-hydroxylation sites is 1. The number of rotatable bonds is 3. The molecule has 0 spiro atoms. The smallest absolute Gasteiger partial charge is 0.337 e. The van der Waals surface area contributed by atoms with E-state index in [9.17, 15) is 9.90 Å². The summed E-state index contributed by atoms with van der Waals surface area (Å²) in [6, 6.07) is 12.8. The fourth-order valence-electron chi connectivity index (χ4n) is 2.43. The van der Waals surface area contributed by atoms with Crippen LogP contribution in [0, 0.1) is 6.92 Å². The number of aryl methyl sites for hydroxylation is 1. The van der Waals surface area contributed by atoms with E-state index in [2.05, 4.69) is 4.98 Å². The number of hydrogen-bond acceptors (Lipinski definition) is 2. The topological polar surface area (TPSA) is 55.1 Å². The molecule has 106 valence electrons. The van der Waals surface area contributed by atoms with E-state index in [1.807, 2.05) is 41.8 Å². The van der Waals surface area contributed by atoms with Gasteiger partial charge in [0.1, 0.15) is 11.3 Å². The summed E-state index contributed by atoms with van der Waals surface area (Å²) in [6.45, 7) is 2.42. The van der Waals surface area contributed by atoms with Crippen molar-refractivity contribution >= 4 is 28.6 Å². The molecule has 21 heavy (non-hydrogen) atoms. The van der Waals surface area contributed by atoms with Crippen LogP contribution in [0.5, 0.6) is 0 Å². The van der Waals surface area contributed by atoms with E-state index in [1.54, 1.807) is 12.1 Å². The summed E-state index contributed by atoms with van der Waals surface area (Å²) in [4.78, 5) is 15.7. The molecule has 4 nitrogen and oxygen atoms in total. The number of carbonyl (C=O) groups is 1. The second kappa shape index (κ2) is 5.22. The number of fused-ring (bicyclic) bond motifs is 1. The molecule has 0 bridgehead atoms. The van der Waals surface area contributed by atoms with Gasteiger partial charge in [-0.3, -0.25) is 0 Å². The van der Waals surface area contributed by atoms with Crippen LogP contribution in [0.25, 0.3) is 11.0 Å². The molecule has 0 aliphatic rings. The van der Waals surface area contributed by atoms with Crippen LogP contribution in [0.2, 0.25) is 5.02 Å². The molecule has 0 saturated carbocycles. The Balaban J connectivity index is 2.16. The van der Waals surface area contributed by atoms with E-state index in [0.717, 1.165) is 16.9 Å². The predicted molar refractivity (Wildman–Crippen MR) is 82.0 cm³/mol. The maximum atomic E-state index is 11.3. The van der Waals surface area contributed by atoms with E-state index in [0.29, 0.717) is 17.1 Å². The highest BCUT2D eigenvalue weighted by atomic mass is 35.5. The van der Waals surface area contributed by atoms with Crippen molar-refractivity contribution in [1.29, 1.82) is 0 Å². The average molecular weight is 301 g/mol.